The molecule has 0 aliphatic carbocycles. The lowest BCUT2D eigenvalue weighted by atomic mass is 10.0. The van der Waals surface area contributed by atoms with Gasteiger partial charge in [0.15, 0.2) is 9.84 Å². The van der Waals surface area contributed by atoms with E-state index in [1.54, 1.807) is 11.9 Å². The number of para-hydroxylation sites is 1. The molecule has 1 aliphatic rings. The average Bonchev–Trinajstić information content (AvgIpc) is 2.99. The van der Waals surface area contributed by atoms with Crippen molar-refractivity contribution < 1.29 is 13.2 Å². The van der Waals surface area contributed by atoms with Crippen LogP contribution in [0.25, 0.3) is 0 Å². The quantitative estimate of drug-likeness (QED) is 0.608. The van der Waals surface area contributed by atoms with Gasteiger partial charge in [0.1, 0.15) is 11.6 Å². The van der Waals surface area contributed by atoms with Gasteiger partial charge in [-0.1, -0.05) is 32.0 Å². The number of nitrogens with one attached hydrogen (secondary N) is 1. The van der Waals surface area contributed by atoms with Gasteiger partial charge in [0.05, 0.1) is 11.5 Å². The van der Waals surface area contributed by atoms with Gasteiger partial charge in [0, 0.05) is 25.0 Å². The Morgan fingerprint density at radius 3 is 2.42 bits per heavy atom. The molecule has 1 aromatic carbocycles. The number of carbonyl (C=O) groups is 1. The molecule has 1 fully saturated rings. The summed E-state index contributed by atoms with van der Waals surface area (Å²) in [6.45, 7) is 4.03. The number of aryl methyl sites for hydroxylation is 2. The Kier molecular flexibility index (Phi) is 6.43. The molecule has 140 valence electrons. The standard InChI is InChI=1S/C19H25N3O3S/c1-4-14-7-6-8-15(5-2)18(14)21-19(23)16(11-20)12-22(3)17-9-10-26(24,25)13-17/h6-8,12,17H,4-5,9-10,13H2,1-3H3,(H,21,23)/b16-12-. The summed E-state index contributed by atoms with van der Waals surface area (Å²) >= 11 is 0. The van der Waals surface area contributed by atoms with Crippen LogP contribution in [0, 0.1) is 11.3 Å². The predicted molar refractivity (Wildman–Crippen MR) is 102 cm³/mol. The maximum absolute atomic E-state index is 12.6. The number of hydrogen-bond donors (Lipinski definition) is 1. The molecule has 0 bridgehead atoms. The molecule has 0 saturated carbocycles. The Labute approximate surface area is 155 Å². The monoisotopic (exact) mass is 375 g/mol. The molecule has 1 aromatic rings. The Bertz CT molecular complexity index is 831. The van der Waals surface area contributed by atoms with Gasteiger partial charge in [-0.05, 0) is 30.4 Å². The lowest BCUT2D eigenvalue weighted by Crippen LogP contribution is -2.29. The summed E-state index contributed by atoms with van der Waals surface area (Å²) in [6, 6.07) is 7.60. The third-order valence-electron chi connectivity index (χ3n) is 4.72. The molecule has 6 nitrogen and oxygen atoms in total. The lowest BCUT2D eigenvalue weighted by molar-refractivity contribution is -0.112. The van der Waals surface area contributed by atoms with Crippen LogP contribution in [-0.2, 0) is 27.5 Å². The molecular formula is C19H25N3O3S. The number of nitriles is 1. The van der Waals surface area contributed by atoms with Gasteiger partial charge in [0.2, 0.25) is 0 Å². The zero-order valence-corrected chi connectivity index (χ0v) is 16.3. The predicted octanol–water partition coefficient (Wildman–Crippen LogP) is 2.28. The molecule has 1 unspecified atom stereocenters. The second kappa shape index (κ2) is 8.37. The molecule has 1 amide bonds. The fraction of sp³-hybridized carbons (Fsp3) is 0.474. The molecule has 0 spiro atoms. The van der Waals surface area contributed by atoms with Crippen LogP contribution in [0.3, 0.4) is 0 Å². The van der Waals surface area contributed by atoms with E-state index in [2.05, 4.69) is 5.32 Å². The van der Waals surface area contributed by atoms with E-state index < -0.39 is 15.7 Å². The minimum Gasteiger partial charge on any atom is -0.375 e. The molecule has 1 heterocycles. The number of rotatable bonds is 6. The summed E-state index contributed by atoms with van der Waals surface area (Å²) in [5, 5.41) is 12.3. The molecule has 2 rings (SSSR count). The fourth-order valence-electron chi connectivity index (χ4n) is 3.13. The highest BCUT2D eigenvalue weighted by Gasteiger charge is 2.30. The number of amides is 1. The summed E-state index contributed by atoms with van der Waals surface area (Å²) in [6.07, 6.45) is 3.50. The van der Waals surface area contributed by atoms with E-state index in [-0.39, 0.29) is 23.1 Å². The van der Waals surface area contributed by atoms with Gasteiger partial charge in [-0.2, -0.15) is 5.26 Å². The average molecular weight is 375 g/mol. The lowest BCUT2D eigenvalue weighted by Gasteiger charge is -2.21. The van der Waals surface area contributed by atoms with Crippen molar-refractivity contribution in [2.24, 2.45) is 0 Å². The van der Waals surface area contributed by atoms with E-state index >= 15 is 0 Å². The van der Waals surface area contributed by atoms with Crippen LogP contribution in [0.4, 0.5) is 5.69 Å². The highest BCUT2D eigenvalue weighted by molar-refractivity contribution is 7.91. The Morgan fingerprint density at radius 1 is 1.35 bits per heavy atom. The van der Waals surface area contributed by atoms with Crippen LogP contribution >= 0.6 is 0 Å². The highest BCUT2D eigenvalue weighted by atomic mass is 32.2. The second-order valence-corrected chi connectivity index (χ2v) is 8.72. The molecule has 26 heavy (non-hydrogen) atoms. The molecule has 0 radical (unpaired) electrons. The van der Waals surface area contributed by atoms with Gasteiger partial charge < -0.3 is 10.2 Å². The normalized spacial score (nSPS) is 19.0. The molecule has 1 saturated heterocycles. The molecule has 1 N–H and O–H groups in total. The maximum Gasteiger partial charge on any atom is 0.267 e. The summed E-state index contributed by atoms with van der Waals surface area (Å²) in [5.41, 5.74) is 2.76. The van der Waals surface area contributed by atoms with Crippen LogP contribution in [-0.4, -0.2) is 43.8 Å². The Hall–Kier alpha value is -2.33. The van der Waals surface area contributed by atoms with Gasteiger partial charge in [-0.3, -0.25) is 4.79 Å². The SMILES string of the molecule is CCc1cccc(CC)c1NC(=O)/C(C#N)=C\N(C)C1CCS(=O)(=O)C1. The van der Waals surface area contributed by atoms with E-state index in [4.69, 9.17) is 0 Å². The summed E-state index contributed by atoms with van der Waals surface area (Å²) < 4.78 is 23.3. The largest absolute Gasteiger partial charge is 0.375 e. The van der Waals surface area contributed by atoms with Crippen LogP contribution in [0.2, 0.25) is 0 Å². The number of carbonyl (C=O) groups excluding carboxylic acids is 1. The van der Waals surface area contributed by atoms with Crippen LogP contribution in [0.1, 0.15) is 31.4 Å². The van der Waals surface area contributed by atoms with Crippen molar-refractivity contribution >= 4 is 21.4 Å². The molecule has 7 heteroatoms. The second-order valence-electron chi connectivity index (χ2n) is 6.49. The number of nitrogens with zero attached hydrogens (tertiary/aromatic N) is 2. The van der Waals surface area contributed by atoms with E-state index in [0.29, 0.717) is 6.42 Å². The Balaban J connectivity index is 2.21. The minimum atomic E-state index is -3.02. The number of benzene rings is 1. The van der Waals surface area contributed by atoms with Crippen molar-refractivity contribution in [2.45, 2.75) is 39.2 Å². The first-order valence-electron chi connectivity index (χ1n) is 8.77. The molecular weight excluding hydrogens is 350 g/mol. The smallest absolute Gasteiger partial charge is 0.267 e. The van der Waals surface area contributed by atoms with Gasteiger partial charge >= 0.3 is 0 Å². The van der Waals surface area contributed by atoms with E-state index in [9.17, 15) is 18.5 Å². The van der Waals surface area contributed by atoms with Crippen molar-refractivity contribution in [2.75, 3.05) is 23.9 Å². The van der Waals surface area contributed by atoms with E-state index in [0.717, 1.165) is 29.7 Å². The Morgan fingerprint density at radius 2 is 1.96 bits per heavy atom. The summed E-state index contributed by atoms with van der Waals surface area (Å²) in [7, 11) is -1.32. The van der Waals surface area contributed by atoms with Crippen LogP contribution in [0.5, 0.6) is 0 Å². The van der Waals surface area contributed by atoms with Crippen molar-refractivity contribution in [3.05, 3.63) is 41.1 Å². The summed E-state index contributed by atoms with van der Waals surface area (Å²) in [5.74, 6) is -0.275. The molecule has 1 atom stereocenters. The van der Waals surface area contributed by atoms with Crippen molar-refractivity contribution in [1.29, 1.82) is 5.26 Å². The maximum atomic E-state index is 12.6. The fourth-order valence-corrected chi connectivity index (χ4v) is 4.91. The van der Waals surface area contributed by atoms with Gasteiger partial charge in [-0.25, -0.2) is 8.42 Å². The number of anilines is 1. The van der Waals surface area contributed by atoms with Crippen molar-refractivity contribution in [3.63, 3.8) is 0 Å². The minimum absolute atomic E-state index is 0.0373. The van der Waals surface area contributed by atoms with Crippen LogP contribution in [0.15, 0.2) is 30.0 Å². The molecule has 1 aliphatic heterocycles. The number of hydrogen-bond acceptors (Lipinski definition) is 5. The zero-order valence-electron chi connectivity index (χ0n) is 15.4. The topological polar surface area (TPSA) is 90.3 Å². The number of sulfone groups is 1. The molecule has 0 aromatic heterocycles. The van der Waals surface area contributed by atoms with E-state index in [1.807, 2.05) is 38.1 Å². The third kappa shape index (κ3) is 4.64. The zero-order chi connectivity index (χ0) is 19.3. The summed E-state index contributed by atoms with van der Waals surface area (Å²) in [4.78, 5) is 14.3. The van der Waals surface area contributed by atoms with Crippen LogP contribution < -0.4 is 5.32 Å². The third-order valence-corrected chi connectivity index (χ3v) is 6.47. The van der Waals surface area contributed by atoms with Gasteiger partial charge in [0.25, 0.3) is 5.91 Å². The van der Waals surface area contributed by atoms with E-state index in [1.165, 1.54) is 6.20 Å². The van der Waals surface area contributed by atoms with Gasteiger partial charge in [-0.15, -0.1) is 0 Å². The van der Waals surface area contributed by atoms with Crippen molar-refractivity contribution in [3.8, 4) is 6.07 Å². The highest BCUT2D eigenvalue weighted by Crippen LogP contribution is 2.23. The van der Waals surface area contributed by atoms with Crippen molar-refractivity contribution in [1.82, 2.24) is 4.90 Å². The first-order chi connectivity index (χ1) is 12.3. The first-order valence-corrected chi connectivity index (χ1v) is 10.6. The first kappa shape index (κ1) is 20.0.